The third-order valence-corrected chi connectivity index (χ3v) is 3.52. The molecule has 168 valence electrons. The molecule has 1 aromatic carbocycles. The third-order valence-electron chi connectivity index (χ3n) is 3.52. The lowest BCUT2D eigenvalue weighted by Crippen LogP contribution is -2.27. The molecule has 0 radical (unpaired) electrons. The van der Waals surface area contributed by atoms with Gasteiger partial charge in [0, 0.05) is 12.1 Å². The first-order valence-corrected chi connectivity index (χ1v) is 8.60. The van der Waals surface area contributed by atoms with Crippen molar-refractivity contribution in [3.05, 3.63) is 101 Å². The van der Waals surface area contributed by atoms with Crippen LogP contribution in [-0.4, -0.2) is 12.8 Å². The Morgan fingerprint density at radius 2 is 1.65 bits per heavy atom. The highest BCUT2D eigenvalue weighted by Gasteiger charge is 2.39. The number of rotatable bonds is 9. The number of allylic oxidation sites excluding steroid dienone is 9. The first-order chi connectivity index (χ1) is 14.4. The lowest BCUT2D eigenvalue weighted by molar-refractivity contribution is -0.141. The first-order valence-electron chi connectivity index (χ1n) is 8.60. The quantitative estimate of drug-likeness (QED) is 0.212. The second kappa shape index (κ2) is 11.3. The summed E-state index contributed by atoms with van der Waals surface area (Å²) < 4.78 is 111. The van der Waals surface area contributed by atoms with Gasteiger partial charge < -0.3 is 4.74 Å². The number of alkyl halides is 3. The van der Waals surface area contributed by atoms with E-state index in [1.165, 1.54) is 31.2 Å². The summed E-state index contributed by atoms with van der Waals surface area (Å²) in [5.41, 5.74) is -1.22. The van der Waals surface area contributed by atoms with E-state index in [1.54, 1.807) is 6.92 Å². The fraction of sp³-hybridized carbons (Fsp3) is 0.182. The molecule has 0 aliphatic rings. The van der Waals surface area contributed by atoms with Gasteiger partial charge in [-0.3, -0.25) is 0 Å². The summed E-state index contributed by atoms with van der Waals surface area (Å²) in [6.45, 7) is 4.58. The predicted molar refractivity (Wildman–Crippen MR) is 102 cm³/mol. The molecule has 0 spiro atoms. The third kappa shape index (κ3) is 8.27. The summed E-state index contributed by atoms with van der Waals surface area (Å²) in [4.78, 5) is 0. The van der Waals surface area contributed by atoms with Crippen LogP contribution in [0.3, 0.4) is 0 Å². The first kappa shape index (κ1) is 25.9. The van der Waals surface area contributed by atoms with Crippen molar-refractivity contribution in [1.29, 1.82) is 0 Å². The molecule has 0 fully saturated rings. The van der Waals surface area contributed by atoms with Gasteiger partial charge >= 0.3 is 6.11 Å². The molecule has 0 saturated heterocycles. The monoisotopic (exact) mass is 450 g/mol. The van der Waals surface area contributed by atoms with E-state index in [-0.39, 0.29) is 17.7 Å². The van der Waals surface area contributed by atoms with Crippen molar-refractivity contribution in [2.24, 2.45) is 0 Å². The van der Waals surface area contributed by atoms with Crippen molar-refractivity contribution >= 4 is 0 Å². The highest BCUT2D eigenvalue weighted by Crippen LogP contribution is 2.33. The van der Waals surface area contributed by atoms with Crippen LogP contribution in [0.5, 0.6) is 5.75 Å². The predicted octanol–water partition coefficient (Wildman–Crippen LogP) is 7.76. The van der Waals surface area contributed by atoms with E-state index in [9.17, 15) is 35.1 Å². The Morgan fingerprint density at radius 3 is 2.16 bits per heavy atom. The Hall–Kier alpha value is -3.10. The van der Waals surface area contributed by atoms with Gasteiger partial charge in [-0.15, -0.1) is 0 Å². The molecule has 9 heteroatoms. The summed E-state index contributed by atoms with van der Waals surface area (Å²) in [5, 5.41) is 0. The number of benzene rings is 1. The van der Waals surface area contributed by atoms with Crippen LogP contribution in [0.4, 0.5) is 35.1 Å². The van der Waals surface area contributed by atoms with E-state index in [4.69, 9.17) is 0 Å². The Kier molecular flexibility index (Phi) is 9.48. The molecule has 0 aliphatic carbocycles. The SMILES string of the molecule is C=C(\C(F)=C/C(=C\CF)/C=C/C=C(C)\C=C(/C)F)C(F)(F)Oc1cc(F)c(F)c(F)c1. The van der Waals surface area contributed by atoms with Crippen LogP contribution >= 0.6 is 0 Å². The van der Waals surface area contributed by atoms with Crippen molar-refractivity contribution in [1.82, 2.24) is 0 Å². The average Bonchev–Trinajstić information content (AvgIpc) is 2.64. The van der Waals surface area contributed by atoms with Gasteiger partial charge in [-0.2, -0.15) is 8.78 Å². The molecule has 0 atom stereocenters. The lowest BCUT2D eigenvalue weighted by atomic mass is 10.1. The highest BCUT2D eigenvalue weighted by molar-refractivity contribution is 5.41. The fourth-order valence-electron chi connectivity index (χ4n) is 2.11. The Morgan fingerprint density at radius 1 is 1.06 bits per heavy atom. The van der Waals surface area contributed by atoms with Crippen LogP contribution in [0.1, 0.15) is 13.8 Å². The lowest BCUT2D eigenvalue weighted by Gasteiger charge is -2.19. The Labute approximate surface area is 174 Å². The van der Waals surface area contributed by atoms with Crippen molar-refractivity contribution in [3.63, 3.8) is 0 Å². The van der Waals surface area contributed by atoms with Gasteiger partial charge in [0.2, 0.25) is 0 Å². The van der Waals surface area contributed by atoms with E-state index >= 15 is 0 Å². The smallest absolute Gasteiger partial charge is 0.428 e. The molecular weight excluding hydrogens is 432 g/mol. The molecule has 0 saturated carbocycles. The van der Waals surface area contributed by atoms with Gasteiger partial charge in [0.15, 0.2) is 17.5 Å². The minimum absolute atomic E-state index is 0.153. The van der Waals surface area contributed by atoms with Crippen LogP contribution in [0.15, 0.2) is 83.5 Å². The minimum Gasteiger partial charge on any atom is -0.429 e. The van der Waals surface area contributed by atoms with Crippen molar-refractivity contribution in [2.45, 2.75) is 20.0 Å². The molecular formula is C22H18F8O. The van der Waals surface area contributed by atoms with E-state index in [1.807, 2.05) is 0 Å². The minimum atomic E-state index is -4.47. The largest absolute Gasteiger partial charge is 0.429 e. The van der Waals surface area contributed by atoms with Gasteiger partial charge in [0.05, 0.1) is 11.4 Å². The van der Waals surface area contributed by atoms with E-state index in [2.05, 4.69) is 11.3 Å². The van der Waals surface area contributed by atoms with Crippen LogP contribution < -0.4 is 4.74 Å². The summed E-state index contributed by atoms with van der Waals surface area (Å²) in [5.74, 6) is -8.65. The maximum Gasteiger partial charge on any atom is 0.428 e. The number of hydrogen-bond acceptors (Lipinski definition) is 1. The van der Waals surface area contributed by atoms with E-state index in [0.29, 0.717) is 11.6 Å². The van der Waals surface area contributed by atoms with E-state index in [0.717, 1.165) is 6.08 Å². The second-order valence-corrected chi connectivity index (χ2v) is 6.15. The maximum atomic E-state index is 14.3. The summed E-state index contributed by atoms with van der Waals surface area (Å²) in [7, 11) is 0. The second-order valence-electron chi connectivity index (χ2n) is 6.15. The average molecular weight is 450 g/mol. The summed E-state index contributed by atoms with van der Waals surface area (Å²) in [6, 6.07) is 0.307. The topological polar surface area (TPSA) is 9.23 Å². The molecule has 1 aromatic rings. The number of hydrogen-bond donors (Lipinski definition) is 0. The summed E-state index contributed by atoms with van der Waals surface area (Å²) in [6.07, 6.45) is 2.00. The van der Waals surface area contributed by atoms with Crippen LogP contribution in [0.2, 0.25) is 0 Å². The Balaban J connectivity index is 3.08. The highest BCUT2D eigenvalue weighted by atomic mass is 19.3. The fourth-order valence-corrected chi connectivity index (χ4v) is 2.11. The molecule has 0 N–H and O–H groups in total. The van der Waals surface area contributed by atoms with Crippen LogP contribution in [-0.2, 0) is 0 Å². The van der Waals surface area contributed by atoms with Crippen molar-refractivity contribution in [3.8, 4) is 5.75 Å². The maximum absolute atomic E-state index is 14.3. The van der Waals surface area contributed by atoms with Gasteiger partial charge in [-0.25, -0.2) is 26.3 Å². The standard InChI is InChI=1S/C22H18F8O/c1-13(9-14(2)24)5-4-6-16(7-8-23)10-18(25)15(3)22(29,30)31-17-11-19(26)21(28)20(27)12-17/h4-7,9-12H,3,8H2,1-2H3/b6-4+,13-5-,14-9+,16-7-,18-10+. The van der Waals surface area contributed by atoms with Gasteiger partial charge in [-0.1, -0.05) is 24.8 Å². The zero-order chi connectivity index (χ0) is 23.8. The van der Waals surface area contributed by atoms with Crippen LogP contribution in [0.25, 0.3) is 0 Å². The molecule has 1 nitrogen and oxygen atoms in total. The van der Waals surface area contributed by atoms with Gasteiger partial charge in [0.25, 0.3) is 0 Å². The van der Waals surface area contributed by atoms with E-state index < -0.39 is 53.2 Å². The molecule has 0 aliphatic heterocycles. The zero-order valence-corrected chi connectivity index (χ0v) is 16.5. The van der Waals surface area contributed by atoms with Gasteiger partial charge in [-0.05, 0) is 43.2 Å². The molecule has 0 bridgehead atoms. The molecule has 1 rings (SSSR count). The number of halogens is 8. The molecule has 0 heterocycles. The molecule has 0 amide bonds. The Bertz CT molecular complexity index is 941. The zero-order valence-electron chi connectivity index (χ0n) is 16.5. The molecule has 31 heavy (non-hydrogen) atoms. The van der Waals surface area contributed by atoms with Crippen molar-refractivity contribution in [2.75, 3.05) is 6.67 Å². The van der Waals surface area contributed by atoms with Gasteiger partial charge in [0.1, 0.15) is 18.3 Å². The number of ether oxygens (including phenoxy) is 1. The molecule has 0 aromatic heterocycles. The molecule has 0 unspecified atom stereocenters. The van der Waals surface area contributed by atoms with Crippen molar-refractivity contribution < 1.29 is 39.9 Å². The summed E-state index contributed by atoms with van der Waals surface area (Å²) >= 11 is 0. The van der Waals surface area contributed by atoms with Crippen LogP contribution in [0, 0.1) is 17.5 Å². The normalized spacial score (nSPS) is 14.4.